The highest BCUT2D eigenvalue weighted by Crippen LogP contribution is 2.20. The Morgan fingerprint density at radius 1 is 1.18 bits per heavy atom. The number of carbonyl (C=O) groups excluding carboxylic acids is 2. The molecule has 0 aliphatic carbocycles. The van der Waals surface area contributed by atoms with Crippen LogP contribution in [0.1, 0.15) is 23.4 Å². The van der Waals surface area contributed by atoms with Gasteiger partial charge in [-0.05, 0) is 37.1 Å². The van der Waals surface area contributed by atoms with Gasteiger partial charge in [-0.1, -0.05) is 6.07 Å². The lowest BCUT2D eigenvalue weighted by atomic mass is 9.95. The Hall–Kier alpha value is -2.63. The lowest BCUT2D eigenvalue weighted by molar-refractivity contribution is -0.121. The number of rotatable bonds is 3. The van der Waals surface area contributed by atoms with Crippen LogP contribution in [-0.4, -0.2) is 34.8 Å². The molecule has 3 rings (SSSR count). The molecular formula is C16H17N3O3. The van der Waals surface area contributed by atoms with Crippen LogP contribution in [0.15, 0.2) is 47.2 Å². The first-order valence-corrected chi connectivity index (χ1v) is 7.29. The summed E-state index contributed by atoms with van der Waals surface area (Å²) < 4.78 is 5.12. The number of carbonyl (C=O) groups is 2. The maximum atomic E-state index is 12.2. The van der Waals surface area contributed by atoms with Crippen molar-refractivity contribution in [2.75, 3.05) is 18.4 Å². The van der Waals surface area contributed by atoms with Crippen LogP contribution in [0, 0.1) is 5.92 Å². The minimum absolute atomic E-state index is 0.0382. The van der Waals surface area contributed by atoms with E-state index in [0.717, 1.165) is 0 Å². The van der Waals surface area contributed by atoms with E-state index >= 15 is 0 Å². The third-order valence-corrected chi connectivity index (χ3v) is 3.80. The molecule has 22 heavy (non-hydrogen) atoms. The summed E-state index contributed by atoms with van der Waals surface area (Å²) in [6.45, 7) is 1.11. The van der Waals surface area contributed by atoms with Crippen LogP contribution in [0.5, 0.6) is 0 Å². The standard InChI is InChI=1S/C16H17N3O3/c20-15(18-14-5-1-2-8-17-14)12-6-9-19(10-7-12)16(21)13-4-3-11-22-13/h1-5,8,11-12H,6-7,9-10H2,(H,17,18,20). The van der Waals surface area contributed by atoms with E-state index in [2.05, 4.69) is 10.3 Å². The zero-order valence-electron chi connectivity index (χ0n) is 12.1. The van der Waals surface area contributed by atoms with Crippen LogP contribution in [0.25, 0.3) is 0 Å². The van der Waals surface area contributed by atoms with Crippen molar-refractivity contribution in [1.82, 2.24) is 9.88 Å². The second kappa shape index (κ2) is 6.43. The Balaban J connectivity index is 1.53. The average molecular weight is 299 g/mol. The smallest absolute Gasteiger partial charge is 0.289 e. The zero-order valence-corrected chi connectivity index (χ0v) is 12.1. The summed E-state index contributed by atoms with van der Waals surface area (Å²) in [5, 5.41) is 2.81. The van der Waals surface area contributed by atoms with E-state index in [1.165, 1.54) is 6.26 Å². The molecule has 0 radical (unpaired) electrons. The lowest BCUT2D eigenvalue weighted by Gasteiger charge is -2.30. The molecule has 1 fully saturated rings. The summed E-state index contributed by atoms with van der Waals surface area (Å²) in [6.07, 6.45) is 4.41. The van der Waals surface area contributed by atoms with E-state index < -0.39 is 0 Å². The summed E-state index contributed by atoms with van der Waals surface area (Å²) in [7, 11) is 0. The van der Waals surface area contributed by atoms with Crippen molar-refractivity contribution in [3.63, 3.8) is 0 Å². The van der Waals surface area contributed by atoms with E-state index in [4.69, 9.17) is 4.42 Å². The number of anilines is 1. The number of furan rings is 1. The maximum Gasteiger partial charge on any atom is 0.289 e. The largest absolute Gasteiger partial charge is 0.459 e. The van der Waals surface area contributed by atoms with Crippen molar-refractivity contribution in [3.8, 4) is 0 Å². The van der Waals surface area contributed by atoms with Crippen molar-refractivity contribution in [1.29, 1.82) is 0 Å². The molecule has 1 aliphatic heterocycles. The van der Waals surface area contributed by atoms with Crippen LogP contribution >= 0.6 is 0 Å². The van der Waals surface area contributed by atoms with Gasteiger partial charge < -0.3 is 14.6 Å². The van der Waals surface area contributed by atoms with E-state index in [-0.39, 0.29) is 17.7 Å². The van der Waals surface area contributed by atoms with E-state index in [9.17, 15) is 9.59 Å². The summed E-state index contributed by atoms with van der Waals surface area (Å²) in [6, 6.07) is 8.73. The second-order valence-electron chi connectivity index (χ2n) is 5.25. The first kappa shape index (κ1) is 14.3. The summed E-state index contributed by atoms with van der Waals surface area (Å²) in [5.74, 6) is 0.651. The Morgan fingerprint density at radius 3 is 2.64 bits per heavy atom. The topological polar surface area (TPSA) is 75.4 Å². The van der Waals surface area contributed by atoms with Gasteiger partial charge in [-0.25, -0.2) is 4.98 Å². The molecule has 1 saturated heterocycles. The number of aromatic nitrogens is 1. The molecule has 2 aromatic heterocycles. The highest BCUT2D eigenvalue weighted by Gasteiger charge is 2.28. The third-order valence-electron chi connectivity index (χ3n) is 3.80. The van der Waals surface area contributed by atoms with Crippen LogP contribution in [-0.2, 0) is 4.79 Å². The average Bonchev–Trinajstić information content (AvgIpc) is 3.10. The zero-order chi connectivity index (χ0) is 15.4. The predicted molar refractivity (Wildman–Crippen MR) is 80.2 cm³/mol. The maximum absolute atomic E-state index is 12.2. The molecule has 6 heteroatoms. The molecule has 1 N–H and O–H groups in total. The van der Waals surface area contributed by atoms with Gasteiger partial charge in [-0.2, -0.15) is 0 Å². The molecule has 1 aliphatic rings. The summed E-state index contributed by atoms with van der Waals surface area (Å²) in [4.78, 5) is 30.2. The number of hydrogen-bond donors (Lipinski definition) is 1. The normalized spacial score (nSPS) is 15.5. The van der Waals surface area contributed by atoms with Crippen molar-refractivity contribution in [3.05, 3.63) is 48.6 Å². The molecule has 0 spiro atoms. The Morgan fingerprint density at radius 2 is 2.00 bits per heavy atom. The van der Waals surface area contributed by atoms with Gasteiger partial charge in [0.15, 0.2) is 5.76 Å². The molecule has 0 saturated carbocycles. The minimum Gasteiger partial charge on any atom is -0.459 e. The van der Waals surface area contributed by atoms with Gasteiger partial charge in [-0.3, -0.25) is 9.59 Å². The van der Waals surface area contributed by atoms with Gasteiger partial charge in [0, 0.05) is 25.2 Å². The van der Waals surface area contributed by atoms with Gasteiger partial charge in [0.25, 0.3) is 5.91 Å². The van der Waals surface area contributed by atoms with Gasteiger partial charge >= 0.3 is 0 Å². The molecule has 114 valence electrons. The molecular weight excluding hydrogens is 282 g/mol. The van der Waals surface area contributed by atoms with Crippen molar-refractivity contribution in [2.45, 2.75) is 12.8 Å². The number of likely N-dealkylation sites (tertiary alicyclic amines) is 1. The van der Waals surface area contributed by atoms with E-state index in [1.54, 1.807) is 35.4 Å². The summed E-state index contributed by atoms with van der Waals surface area (Å²) >= 11 is 0. The van der Waals surface area contributed by atoms with Gasteiger partial charge in [0.1, 0.15) is 5.82 Å². The third kappa shape index (κ3) is 3.16. The monoisotopic (exact) mass is 299 g/mol. The summed E-state index contributed by atoms with van der Waals surface area (Å²) in [5.41, 5.74) is 0. The Kier molecular flexibility index (Phi) is 4.18. The fourth-order valence-electron chi connectivity index (χ4n) is 2.57. The number of piperidine rings is 1. The second-order valence-corrected chi connectivity index (χ2v) is 5.25. The van der Waals surface area contributed by atoms with Crippen molar-refractivity contribution in [2.24, 2.45) is 5.92 Å². The number of pyridine rings is 1. The van der Waals surface area contributed by atoms with E-state index in [1.807, 2.05) is 6.07 Å². The molecule has 0 atom stereocenters. The highest BCUT2D eigenvalue weighted by atomic mass is 16.3. The fourth-order valence-corrected chi connectivity index (χ4v) is 2.57. The van der Waals surface area contributed by atoms with Crippen molar-refractivity contribution >= 4 is 17.6 Å². The molecule has 6 nitrogen and oxygen atoms in total. The molecule has 0 aromatic carbocycles. The molecule has 3 heterocycles. The van der Waals surface area contributed by atoms with Crippen LogP contribution in [0.4, 0.5) is 5.82 Å². The van der Waals surface area contributed by atoms with Crippen LogP contribution < -0.4 is 5.32 Å². The minimum atomic E-state index is -0.117. The predicted octanol–water partition coefficient (Wildman–Crippen LogP) is 2.17. The van der Waals surface area contributed by atoms with Gasteiger partial charge in [0.2, 0.25) is 5.91 Å². The molecule has 2 aromatic rings. The van der Waals surface area contributed by atoms with Crippen LogP contribution in [0.2, 0.25) is 0 Å². The van der Waals surface area contributed by atoms with Gasteiger partial charge in [0.05, 0.1) is 6.26 Å². The van der Waals surface area contributed by atoms with E-state index in [0.29, 0.717) is 37.5 Å². The SMILES string of the molecule is O=C(Nc1ccccn1)C1CCN(C(=O)c2ccco2)CC1. The quantitative estimate of drug-likeness (QED) is 0.942. The Bertz CT molecular complexity index is 632. The fraction of sp³-hybridized carbons (Fsp3) is 0.312. The number of nitrogens with one attached hydrogen (secondary N) is 1. The molecule has 0 bridgehead atoms. The van der Waals surface area contributed by atoms with Gasteiger partial charge in [-0.15, -0.1) is 0 Å². The highest BCUT2D eigenvalue weighted by molar-refractivity contribution is 5.93. The molecule has 0 unspecified atom stereocenters. The first-order valence-electron chi connectivity index (χ1n) is 7.29. The Labute approximate surface area is 128 Å². The number of hydrogen-bond acceptors (Lipinski definition) is 4. The van der Waals surface area contributed by atoms with Crippen molar-refractivity contribution < 1.29 is 14.0 Å². The number of amides is 2. The molecule has 2 amide bonds. The lowest BCUT2D eigenvalue weighted by Crippen LogP contribution is -2.41. The first-order chi connectivity index (χ1) is 10.7. The van der Waals surface area contributed by atoms with Crippen LogP contribution in [0.3, 0.4) is 0 Å². The number of nitrogens with zero attached hydrogens (tertiary/aromatic N) is 2.